The molecule has 0 unspecified atom stereocenters. The molecule has 9 heteroatoms. The number of piperidine rings is 1. The first kappa shape index (κ1) is 18.8. The molecule has 0 aromatic carbocycles. The maximum Gasteiger partial charge on any atom is 0.433 e. The maximum absolute atomic E-state index is 13.1. The third-order valence-corrected chi connectivity index (χ3v) is 6.36. The van der Waals surface area contributed by atoms with Gasteiger partial charge in [0.05, 0.1) is 5.69 Å². The molecule has 6 nitrogen and oxygen atoms in total. The Kier molecular flexibility index (Phi) is 4.72. The van der Waals surface area contributed by atoms with E-state index in [2.05, 4.69) is 30.0 Å². The van der Waals surface area contributed by atoms with E-state index in [1.807, 2.05) is 0 Å². The smallest absolute Gasteiger partial charge is 0.350 e. The number of hydrogen-bond acceptors (Lipinski definition) is 5. The molecule has 2 aromatic rings. The number of anilines is 1. The van der Waals surface area contributed by atoms with E-state index in [9.17, 15) is 13.2 Å². The molecule has 1 saturated heterocycles. The van der Waals surface area contributed by atoms with Crippen molar-refractivity contribution in [1.82, 2.24) is 25.1 Å². The van der Waals surface area contributed by atoms with Gasteiger partial charge in [-0.25, -0.2) is 9.97 Å². The fourth-order valence-corrected chi connectivity index (χ4v) is 4.75. The van der Waals surface area contributed by atoms with Crippen LogP contribution in [0.3, 0.4) is 0 Å². The number of aromatic amines is 1. The average Bonchev–Trinajstić information content (AvgIpc) is 3.29. The predicted molar refractivity (Wildman–Crippen MR) is 101 cm³/mol. The standard InChI is InChI=1S/C20H25F3N6/c21-20(22,23)18-10-19(25-12-24-18)29(13-4-5-13)14-6-8-28(9-7-14)11-17-15-2-1-3-16(15)26-27-17/h10,12-14H,1-9,11H2,(H,26,27). The molecule has 0 spiro atoms. The molecule has 3 heterocycles. The van der Waals surface area contributed by atoms with Crippen molar-refractivity contribution in [2.45, 2.75) is 69.8 Å². The Morgan fingerprint density at radius 2 is 1.83 bits per heavy atom. The first-order valence-corrected chi connectivity index (χ1v) is 10.4. The second-order valence-electron chi connectivity index (χ2n) is 8.39. The van der Waals surface area contributed by atoms with Crippen LogP contribution in [0.4, 0.5) is 19.0 Å². The molecule has 1 N–H and O–H groups in total. The van der Waals surface area contributed by atoms with Crippen molar-refractivity contribution in [2.75, 3.05) is 18.0 Å². The van der Waals surface area contributed by atoms with Gasteiger partial charge in [0.15, 0.2) is 0 Å². The topological polar surface area (TPSA) is 60.9 Å². The summed E-state index contributed by atoms with van der Waals surface area (Å²) in [6, 6.07) is 1.63. The summed E-state index contributed by atoms with van der Waals surface area (Å²) in [5, 5.41) is 7.68. The molecule has 5 rings (SSSR count). The number of alkyl halides is 3. The highest BCUT2D eigenvalue weighted by atomic mass is 19.4. The van der Waals surface area contributed by atoms with Crippen LogP contribution < -0.4 is 4.90 Å². The molecule has 0 amide bonds. The largest absolute Gasteiger partial charge is 0.433 e. The highest BCUT2D eigenvalue weighted by molar-refractivity contribution is 5.44. The lowest BCUT2D eigenvalue weighted by molar-refractivity contribution is -0.141. The molecule has 29 heavy (non-hydrogen) atoms. The molecule has 156 valence electrons. The number of hydrogen-bond donors (Lipinski definition) is 1. The van der Waals surface area contributed by atoms with Crippen LogP contribution in [0, 0.1) is 0 Å². The lowest BCUT2D eigenvalue weighted by Gasteiger charge is -2.39. The Balaban J connectivity index is 1.26. The minimum Gasteiger partial charge on any atom is -0.350 e. The van der Waals surface area contributed by atoms with E-state index in [-0.39, 0.29) is 6.04 Å². The Labute approximate surface area is 167 Å². The number of likely N-dealkylation sites (tertiary alicyclic amines) is 1. The predicted octanol–water partition coefficient (Wildman–Crippen LogP) is 3.34. The van der Waals surface area contributed by atoms with Gasteiger partial charge in [-0.2, -0.15) is 18.3 Å². The molecule has 0 atom stereocenters. The summed E-state index contributed by atoms with van der Waals surface area (Å²) in [5.41, 5.74) is 2.99. The van der Waals surface area contributed by atoms with E-state index in [4.69, 9.17) is 0 Å². The third kappa shape index (κ3) is 3.84. The first-order valence-electron chi connectivity index (χ1n) is 10.4. The van der Waals surface area contributed by atoms with Crippen LogP contribution in [0.5, 0.6) is 0 Å². The maximum atomic E-state index is 13.1. The Morgan fingerprint density at radius 3 is 2.55 bits per heavy atom. The number of nitrogens with zero attached hydrogens (tertiary/aromatic N) is 5. The minimum absolute atomic E-state index is 0.222. The molecule has 2 aromatic heterocycles. The van der Waals surface area contributed by atoms with E-state index < -0.39 is 11.9 Å². The average molecular weight is 406 g/mol. The van der Waals surface area contributed by atoms with Gasteiger partial charge >= 0.3 is 6.18 Å². The van der Waals surface area contributed by atoms with Gasteiger partial charge in [-0.05, 0) is 50.5 Å². The van der Waals surface area contributed by atoms with Crippen LogP contribution in [-0.4, -0.2) is 50.2 Å². The van der Waals surface area contributed by atoms with E-state index in [1.54, 1.807) is 0 Å². The van der Waals surface area contributed by atoms with Crippen LogP contribution in [0.1, 0.15) is 54.7 Å². The van der Waals surface area contributed by atoms with Gasteiger partial charge in [0.1, 0.15) is 17.8 Å². The highest BCUT2D eigenvalue weighted by Crippen LogP contribution is 2.37. The Bertz CT molecular complexity index is 867. The quantitative estimate of drug-likeness (QED) is 0.825. The van der Waals surface area contributed by atoms with Gasteiger partial charge in [0.25, 0.3) is 0 Å². The summed E-state index contributed by atoms with van der Waals surface area (Å²) in [6.07, 6.45) is 3.90. The zero-order valence-electron chi connectivity index (χ0n) is 16.3. The normalized spacial score (nSPS) is 20.8. The van der Waals surface area contributed by atoms with Crippen molar-refractivity contribution >= 4 is 5.82 Å². The second-order valence-corrected chi connectivity index (χ2v) is 8.39. The van der Waals surface area contributed by atoms with Gasteiger partial charge < -0.3 is 4.90 Å². The van der Waals surface area contributed by atoms with Crippen molar-refractivity contribution in [2.24, 2.45) is 0 Å². The van der Waals surface area contributed by atoms with Gasteiger partial charge in [0, 0.05) is 43.5 Å². The molecule has 3 aliphatic rings. The Morgan fingerprint density at radius 1 is 1.07 bits per heavy atom. The van der Waals surface area contributed by atoms with Crippen molar-refractivity contribution in [3.8, 4) is 0 Å². The van der Waals surface area contributed by atoms with Crippen LogP contribution in [0.25, 0.3) is 0 Å². The summed E-state index contributed by atoms with van der Waals surface area (Å²) in [5.74, 6) is 0.415. The number of rotatable bonds is 5. The van der Waals surface area contributed by atoms with Gasteiger partial charge in [-0.1, -0.05) is 0 Å². The molecule has 2 fully saturated rings. The number of halogens is 3. The number of H-pyrrole nitrogens is 1. The molecule has 0 bridgehead atoms. The molecular formula is C20H25F3N6. The van der Waals surface area contributed by atoms with Crippen LogP contribution in [0.2, 0.25) is 0 Å². The molecular weight excluding hydrogens is 381 g/mol. The number of aromatic nitrogens is 4. The lowest BCUT2D eigenvalue weighted by Crippen LogP contribution is -2.46. The van der Waals surface area contributed by atoms with E-state index in [0.29, 0.717) is 11.9 Å². The third-order valence-electron chi connectivity index (χ3n) is 6.36. The van der Waals surface area contributed by atoms with Crippen molar-refractivity contribution in [3.05, 3.63) is 35.0 Å². The van der Waals surface area contributed by atoms with Crippen LogP contribution >= 0.6 is 0 Å². The van der Waals surface area contributed by atoms with Crippen LogP contribution in [0.15, 0.2) is 12.4 Å². The Hall–Kier alpha value is -2.16. The second kappa shape index (κ2) is 7.27. The van der Waals surface area contributed by atoms with E-state index in [1.165, 1.54) is 23.4 Å². The van der Waals surface area contributed by atoms with Gasteiger partial charge in [0.2, 0.25) is 0 Å². The molecule has 1 aliphatic heterocycles. The van der Waals surface area contributed by atoms with Gasteiger partial charge in [-0.15, -0.1) is 0 Å². The van der Waals surface area contributed by atoms with Crippen LogP contribution in [-0.2, 0) is 25.6 Å². The van der Waals surface area contributed by atoms with Crippen molar-refractivity contribution < 1.29 is 13.2 Å². The zero-order chi connectivity index (χ0) is 20.0. The first-order chi connectivity index (χ1) is 14.0. The number of nitrogens with one attached hydrogen (secondary N) is 1. The summed E-state index contributed by atoms with van der Waals surface area (Å²) in [7, 11) is 0. The number of aryl methyl sites for hydroxylation is 1. The summed E-state index contributed by atoms with van der Waals surface area (Å²) < 4.78 is 39.3. The lowest BCUT2D eigenvalue weighted by atomic mass is 10.0. The van der Waals surface area contributed by atoms with E-state index >= 15 is 0 Å². The monoisotopic (exact) mass is 406 g/mol. The summed E-state index contributed by atoms with van der Waals surface area (Å²) in [6.45, 7) is 2.70. The highest BCUT2D eigenvalue weighted by Gasteiger charge is 2.39. The number of fused-ring (bicyclic) bond motifs is 1. The molecule has 1 saturated carbocycles. The molecule has 2 aliphatic carbocycles. The van der Waals surface area contributed by atoms with Crippen molar-refractivity contribution in [3.63, 3.8) is 0 Å². The van der Waals surface area contributed by atoms with Crippen molar-refractivity contribution in [1.29, 1.82) is 0 Å². The fraction of sp³-hybridized carbons (Fsp3) is 0.650. The summed E-state index contributed by atoms with van der Waals surface area (Å²) >= 11 is 0. The van der Waals surface area contributed by atoms with Gasteiger partial charge in [-0.3, -0.25) is 10.00 Å². The summed E-state index contributed by atoms with van der Waals surface area (Å²) in [4.78, 5) is 12.2. The van der Waals surface area contributed by atoms with E-state index in [0.717, 1.165) is 70.6 Å². The zero-order valence-corrected chi connectivity index (χ0v) is 16.3. The molecule has 0 radical (unpaired) electrons. The minimum atomic E-state index is -4.44. The SMILES string of the molecule is FC(F)(F)c1cc(N(C2CC2)C2CCN(Cc3n[nH]c4c3CCC4)CC2)ncn1. The fourth-order valence-electron chi connectivity index (χ4n) is 4.75.